The highest BCUT2D eigenvalue weighted by atomic mass is 16.5. The molecule has 2 aromatic carbocycles. The topological polar surface area (TPSA) is 38.9 Å². The summed E-state index contributed by atoms with van der Waals surface area (Å²) < 4.78 is 5.73. The molecule has 2 fully saturated rings. The lowest BCUT2D eigenvalue weighted by molar-refractivity contribution is 0.155. The highest BCUT2D eigenvalue weighted by Gasteiger charge is 2.32. The summed E-state index contributed by atoms with van der Waals surface area (Å²) in [6, 6.07) is 17.6. The van der Waals surface area contributed by atoms with Crippen LogP contribution in [-0.2, 0) is 6.42 Å². The summed E-state index contributed by atoms with van der Waals surface area (Å²) in [5.41, 5.74) is 4.93. The third-order valence-electron chi connectivity index (χ3n) is 9.32. The summed E-state index contributed by atoms with van der Waals surface area (Å²) >= 11 is 0. The average Bonchev–Trinajstić information content (AvgIpc) is 3.45. The fraction of sp³-hybridized carbons (Fsp3) is 0.588. The van der Waals surface area contributed by atoms with Gasteiger partial charge in [-0.25, -0.2) is 0 Å². The summed E-state index contributed by atoms with van der Waals surface area (Å²) in [7, 11) is 0. The molecule has 1 heterocycles. The van der Waals surface area contributed by atoms with Gasteiger partial charge in [0.05, 0.1) is 0 Å². The lowest BCUT2D eigenvalue weighted by Crippen LogP contribution is -2.25. The number of aryl methyl sites for hydroxylation is 1. The van der Waals surface area contributed by atoms with Gasteiger partial charge in [-0.3, -0.25) is 0 Å². The van der Waals surface area contributed by atoms with Crippen molar-refractivity contribution in [3.05, 3.63) is 59.9 Å². The van der Waals surface area contributed by atoms with E-state index in [0.717, 1.165) is 29.1 Å². The number of nitrogens with zero attached hydrogens (tertiary/aromatic N) is 2. The molecule has 0 bridgehead atoms. The van der Waals surface area contributed by atoms with Gasteiger partial charge in [-0.05, 0) is 97.9 Å². The van der Waals surface area contributed by atoms with E-state index in [2.05, 4.69) is 67.5 Å². The number of rotatable bonds is 10. The SMILES string of the molecule is CCCCCc1ccc(-c2ccc(-c3nc(C4CCC(C5CCC(CCC)CC5)CC4)no3)cc2)cc1. The van der Waals surface area contributed by atoms with Crippen molar-refractivity contribution in [1.82, 2.24) is 10.1 Å². The number of aromatic nitrogens is 2. The van der Waals surface area contributed by atoms with Gasteiger partial charge in [0, 0.05) is 11.5 Å². The Morgan fingerprint density at radius 1 is 0.676 bits per heavy atom. The summed E-state index contributed by atoms with van der Waals surface area (Å²) in [4.78, 5) is 4.84. The molecule has 2 saturated carbocycles. The lowest BCUT2D eigenvalue weighted by atomic mass is 9.68. The van der Waals surface area contributed by atoms with E-state index in [9.17, 15) is 0 Å². The number of benzene rings is 2. The summed E-state index contributed by atoms with van der Waals surface area (Å²) in [5, 5.41) is 4.42. The van der Waals surface area contributed by atoms with Crippen LogP contribution < -0.4 is 0 Å². The zero-order valence-electron chi connectivity index (χ0n) is 23.1. The maximum absolute atomic E-state index is 5.73. The summed E-state index contributed by atoms with van der Waals surface area (Å²) in [6.07, 6.45) is 18.8. The molecule has 0 aliphatic heterocycles. The van der Waals surface area contributed by atoms with Crippen LogP contribution in [0.25, 0.3) is 22.6 Å². The van der Waals surface area contributed by atoms with Gasteiger partial charge in [-0.2, -0.15) is 4.98 Å². The largest absolute Gasteiger partial charge is 0.334 e. The van der Waals surface area contributed by atoms with Crippen molar-refractivity contribution >= 4 is 0 Å². The molecule has 1 aromatic heterocycles. The van der Waals surface area contributed by atoms with Crippen LogP contribution in [0.2, 0.25) is 0 Å². The van der Waals surface area contributed by atoms with Gasteiger partial charge < -0.3 is 4.52 Å². The second kappa shape index (κ2) is 12.9. The van der Waals surface area contributed by atoms with Crippen molar-refractivity contribution in [3.63, 3.8) is 0 Å². The molecule has 3 nitrogen and oxygen atoms in total. The van der Waals surface area contributed by atoms with Gasteiger partial charge in [0.1, 0.15) is 0 Å². The van der Waals surface area contributed by atoms with Gasteiger partial charge in [0.15, 0.2) is 5.82 Å². The molecule has 3 aromatic rings. The maximum Gasteiger partial charge on any atom is 0.257 e. The van der Waals surface area contributed by atoms with Gasteiger partial charge in [-0.1, -0.05) is 93.9 Å². The fourth-order valence-corrected chi connectivity index (χ4v) is 6.97. The van der Waals surface area contributed by atoms with E-state index in [-0.39, 0.29) is 0 Å². The quantitative estimate of drug-likeness (QED) is 0.261. The second-order valence-electron chi connectivity index (χ2n) is 11.9. The van der Waals surface area contributed by atoms with Crippen molar-refractivity contribution in [1.29, 1.82) is 0 Å². The standard InChI is InChI=1S/C34H46N2O/c1-3-5-6-8-26-11-15-28(16-12-26)30-19-23-32(24-20-30)34-35-33(36-37-34)31-21-17-29(18-22-31)27-13-9-25(7-4-2)10-14-27/h11-12,15-16,19-20,23-25,27,29,31H,3-10,13-14,17-18,21-22H2,1-2H3. The predicted molar refractivity (Wildman–Crippen MR) is 153 cm³/mol. The van der Waals surface area contributed by atoms with Crippen LogP contribution in [0, 0.1) is 17.8 Å². The molecule has 0 spiro atoms. The Kier molecular flexibility index (Phi) is 9.13. The molecular formula is C34H46N2O. The van der Waals surface area contributed by atoms with E-state index in [1.807, 2.05) is 0 Å². The number of hydrogen-bond acceptors (Lipinski definition) is 3. The first-order chi connectivity index (χ1) is 18.2. The van der Waals surface area contributed by atoms with E-state index in [1.54, 1.807) is 0 Å². The third kappa shape index (κ3) is 6.72. The molecule has 0 amide bonds. The Morgan fingerprint density at radius 2 is 1.27 bits per heavy atom. The van der Waals surface area contributed by atoms with Gasteiger partial charge >= 0.3 is 0 Å². The zero-order chi connectivity index (χ0) is 25.5. The molecule has 0 atom stereocenters. The maximum atomic E-state index is 5.73. The highest BCUT2D eigenvalue weighted by Crippen LogP contribution is 2.44. The molecule has 2 aliphatic rings. The molecule has 2 aliphatic carbocycles. The van der Waals surface area contributed by atoms with E-state index in [1.165, 1.54) is 107 Å². The van der Waals surface area contributed by atoms with Crippen LogP contribution >= 0.6 is 0 Å². The first kappa shape index (κ1) is 26.2. The molecule has 37 heavy (non-hydrogen) atoms. The molecular weight excluding hydrogens is 452 g/mol. The van der Waals surface area contributed by atoms with Crippen molar-refractivity contribution in [2.75, 3.05) is 0 Å². The number of hydrogen-bond donors (Lipinski definition) is 0. The van der Waals surface area contributed by atoms with Gasteiger partial charge in [-0.15, -0.1) is 0 Å². The van der Waals surface area contributed by atoms with Crippen LogP contribution in [0.3, 0.4) is 0 Å². The first-order valence-corrected chi connectivity index (χ1v) is 15.3. The third-order valence-corrected chi connectivity index (χ3v) is 9.32. The summed E-state index contributed by atoms with van der Waals surface area (Å²) in [5.74, 6) is 4.92. The van der Waals surface area contributed by atoms with E-state index < -0.39 is 0 Å². The smallest absolute Gasteiger partial charge is 0.257 e. The van der Waals surface area contributed by atoms with Gasteiger partial charge in [0.25, 0.3) is 5.89 Å². The second-order valence-corrected chi connectivity index (χ2v) is 11.9. The van der Waals surface area contributed by atoms with Crippen molar-refractivity contribution in [2.24, 2.45) is 17.8 Å². The molecule has 3 heteroatoms. The fourth-order valence-electron chi connectivity index (χ4n) is 6.97. The minimum absolute atomic E-state index is 0.459. The summed E-state index contributed by atoms with van der Waals surface area (Å²) in [6.45, 7) is 4.59. The zero-order valence-corrected chi connectivity index (χ0v) is 23.1. The van der Waals surface area contributed by atoms with Crippen LogP contribution in [0.1, 0.15) is 115 Å². The minimum Gasteiger partial charge on any atom is -0.334 e. The van der Waals surface area contributed by atoms with E-state index >= 15 is 0 Å². The molecule has 0 N–H and O–H groups in total. The Hall–Kier alpha value is -2.42. The molecule has 0 radical (unpaired) electrons. The lowest BCUT2D eigenvalue weighted by Gasteiger charge is -2.37. The highest BCUT2D eigenvalue weighted by molar-refractivity contribution is 5.67. The first-order valence-electron chi connectivity index (χ1n) is 15.3. The van der Waals surface area contributed by atoms with Crippen molar-refractivity contribution in [2.45, 2.75) is 110 Å². The Labute approximate surface area is 224 Å². The molecule has 0 unspecified atom stereocenters. The normalized spacial score (nSPS) is 24.3. The average molecular weight is 499 g/mol. The Bertz CT molecular complexity index is 1070. The van der Waals surface area contributed by atoms with E-state index in [0.29, 0.717) is 11.8 Å². The Morgan fingerprint density at radius 3 is 1.89 bits per heavy atom. The van der Waals surface area contributed by atoms with Crippen molar-refractivity contribution < 1.29 is 4.52 Å². The number of unbranched alkanes of at least 4 members (excludes halogenated alkanes) is 2. The minimum atomic E-state index is 0.459. The van der Waals surface area contributed by atoms with E-state index in [4.69, 9.17) is 9.51 Å². The predicted octanol–water partition coefficient (Wildman–Crippen LogP) is 10.0. The van der Waals surface area contributed by atoms with Gasteiger partial charge in [0.2, 0.25) is 0 Å². The van der Waals surface area contributed by atoms with Crippen LogP contribution in [0.15, 0.2) is 53.1 Å². The van der Waals surface area contributed by atoms with Crippen LogP contribution in [-0.4, -0.2) is 10.1 Å². The molecule has 5 rings (SSSR count). The monoisotopic (exact) mass is 498 g/mol. The van der Waals surface area contributed by atoms with Crippen LogP contribution in [0.4, 0.5) is 0 Å². The Balaban J connectivity index is 1.13. The molecule has 0 saturated heterocycles. The molecule has 198 valence electrons. The van der Waals surface area contributed by atoms with Crippen molar-refractivity contribution in [3.8, 4) is 22.6 Å². The van der Waals surface area contributed by atoms with Crippen LogP contribution in [0.5, 0.6) is 0 Å².